The van der Waals surface area contributed by atoms with Crippen LogP contribution in [-0.2, 0) is 59.3 Å². The third-order valence-corrected chi connectivity index (χ3v) is 14.1. The molecule has 4 aromatic rings. The fourth-order valence-corrected chi connectivity index (χ4v) is 10.5. The van der Waals surface area contributed by atoms with Gasteiger partial charge in [0, 0.05) is 87.6 Å². The first-order chi connectivity index (χ1) is 34.1. The summed E-state index contributed by atoms with van der Waals surface area (Å²) in [6, 6.07) is 17.0. The maximum absolute atomic E-state index is 14.8. The first-order valence-corrected chi connectivity index (χ1v) is 25.0. The molecule has 7 rings (SSSR count). The monoisotopic (exact) mass is 992 g/mol. The summed E-state index contributed by atoms with van der Waals surface area (Å²) in [6.07, 6.45) is 4.26. The van der Waals surface area contributed by atoms with Gasteiger partial charge in [0.15, 0.2) is 5.60 Å². The van der Waals surface area contributed by atoms with Gasteiger partial charge in [-0.2, -0.15) is 5.43 Å². The number of aryl methyl sites for hydroxylation is 1. The number of phenolic OH excluding ortho intramolecular Hbond substituents is 1. The van der Waals surface area contributed by atoms with Crippen molar-refractivity contribution in [1.29, 1.82) is 0 Å². The molecule has 4 heterocycles. The summed E-state index contributed by atoms with van der Waals surface area (Å²) < 4.78 is 13.8. The van der Waals surface area contributed by atoms with E-state index >= 15 is 0 Å². The lowest BCUT2D eigenvalue weighted by Crippen LogP contribution is -2.67. The number of likely N-dealkylation sites (tertiary alicyclic amines) is 1. The van der Waals surface area contributed by atoms with Crippen LogP contribution in [0, 0.1) is 11.3 Å². The number of ether oxygens (including phenoxy) is 2. The number of amides is 4. The maximum atomic E-state index is 14.8. The van der Waals surface area contributed by atoms with E-state index in [4.69, 9.17) is 9.47 Å². The summed E-state index contributed by atoms with van der Waals surface area (Å²) in [5.74, 6) is -4.02. The molecule has 3 aliphatic heterocycles. The second-order valence-corrected chi connectivity index (χ2v) is 21.2. The average molecular weight is 992 g/mol. The fourth-order valence-electron chi connectivity index (χ4n) is 10.5. The minimum atomic E-state index is -2.29. The fraction of sp³-hybridized carbons (Fsp3) is 0.509. The Morgan fingerprint density at radius 1 is 1.00 bits per heavy atom. The predicted molar refractivity (Wildman–Crippen MR) is 274 cm³/mol. The van der Waals surface area contributed by atoms with E-state index in [0.29, 0.717) is 43.7 Å². The van der Waals surface area contributed by atoms with Crippen molar-refractivity contribution in [3.05, 3.63) is 89.5 Å². The minimum Gasteiger partial charge on any atom is -0.508 e. The van der Waals surface area contributed by atoms with Gasteiger partial charge in [0.2, 0.25) is 17.5 Å². The van der Waals surface area contributed by atoms with Crippen molar-refractivity contribution in [1.82, 2.24) is 35.0 Å². The van der Waals surface area contributed by atoms with Crippen molar-refractivity contribution in [3.63, 3.8) is 0 Å². The zero-order chi connectivity index (χ0) is 52.3. The van der Waals surface area contributed by atoms with Gasteiger partial charge in [-0.3, -0.25) is 24.2 Å². The number of β-amino-alcohol motifs (C(OH)–C–C–N with tert-alkyl or cyclic N) is 1. The summed E-state index contributed by atoms with van der Waals surface area (Å²) >= 11 is 0. The van der Waals surface area contributed by atoms with Crippen LogP contribution in [0.1, 0.15) is 70.6 Å². The Balaban J connectivity index is 1.28. The Labute approximate surface area is 422 Å². The van der Waals surface area contributed by atoms with Crippen molar-refractivity contribution in [2.24, 2.45) is 11.3 Å². The molecular formula is C55H73N7O10. The Hall–Kier alpha value is -6.11. The molecule has 17 nitrogen and oxygen atoms in total. The molecule has 0 aliphatic carbocycles. The molecule has 72 heavy (non-hydrogen) atoms. The number of hydrogen-bond donors (Lipinski definition) is 5. The van der Waals surface area contributed by atoms with Gasteiger partial charge in [0.25, 0.3) is 11.8 Å². The third kappa shape index (κ3) is 11.6. The highest BCUT2D eigenvalue weighted by molar-refractivity contribution is 5.97. The number of likely N-dealkylation sites (N-methyl/N-ethyl adjacent to an activating group) is 2. The number of hydrazine groups is 1. The van der Waals surface area contributed by atoms with Gasteiger partial charge >= 0.3 is 5.97 Å². The van der Waals surface area contributed by atoms with Crippen molar-refractivity contribution in [3.8, 4) is 28.1 Å². The summed E-state index contributed by atoms with van der Waals surface area (Å²) in [4.78, 5) is 75.2. The Morgan fingerprint density at radius 3 is 2.46 bits per heavy atom. The highest BCUT2D eigenvalue weighted by Crippen LogP contribution is 2.42. The molecule has 17 heteroatoms. The van der Waals surface area contributed by atoms with Gasteiger partial charge in [0.1, 0.15) is 17.8 Å². The van der Waals surface area contributed by atoms with E-state index in [-0.39, 0.29) is 63.6 Å². The molecule has 388 valence electrons. The lowest BCUT2D eigenvalue weighted by atomic mass is 9.83. The van der Waals surface area contributed by atoms with Crippen molar-refractivity contribution < 1.29 is 48.8 Å². The number of fused-ring (bicyclic) bond motifs is 6. The average Bonchev–Trinajstić information content (AvgIpc) is 3.88. The SMILES string of the molecule is CCn1c(-c2ccccc2CCOC)c2c3cc(ccc31)-c1cc(O)cc(c1)C[C@H](NC(=O)[C@H](C(C)C)N(C)C(=O)C1(O)CCN(C(=O)/C=C/CN(C)C)C1)C(=O)N1CCC[C@@](O)(N1)C(=O)OCC(C)(C)C2. The number of carbonyl (C=O) groups excluding carboxylic acids is 5. The number of aromatic nitrogens is 1. The number of esters is 1. The number of cyclic esters (lactones) is 1. The zero-order valence-electron chi connectivity index (χ0n) is 43.3. The van der Waals surface area contributed by atoms with E-state index in [1.165, 1.54) is 29.0 Å². The first kappa shape index (κ1) is 53.7. The van der Waals surface area contributed by atoms with Crippen LogP contribution in [-0.4, -0.2) is 160 Å². The number of aliphatic hydroxyl groups is 2. The molecule has 4 amide bonds. The normalized spacial score (nSPS) is 22.1. The van der Waals surface area contributed by atoms with Crippen molar-refractivity contribution >= 4 is 40.5 Å². The molecule has 2 saturated heterocycles. The van der Waals surface area contributed by atoms with Crippen molar-refractivity contribution in [2.75, 3.05) is 67.6 Å². The van der Waals surface area contributed by atoms with Crippen LogP contribution in [0.15, 0.2) is 72.8 Å². The molecule has 2 fully saturated rings. The summed E-state index contributed by atoms with van der Waals surface area (Å²) in [5.41, 5.74) is 5.02. The van der Waals surface area contributed by atoms with E-state index < -0.39 is 58.4 Å². The van der Waals surface area contributed by atoms with Crippen LogP contribution in [0.2, 0.25) is 0 Å². The summed E-state index contributed by atoms with van der Waals surface area (Å²) in [5, 5.41) is 40.0. The van der Waals surface area contributed by atoms with Crippen LogP contribution in [0.3, 0.4) is 0 Å². The summed E-state index contributed by atoms with van der Waals surface area (Å²) in [7, 11) is 6.84. The molecule has 0 spiro atoms. The lowest BCUT2D eigenvalue weighted by molar-refractivity contribution is -0.189. The highest BCUT2D eigenvalue weighted by atomic mass is 16.6. The van der Waals surface area contributed by atoms with Crippen LogP contribution in [0.5, 0.6) is 5.75 Å². The van der Waals surface area contributed by atoms with Crippen LogP contribution in [0.4, 0.5) is 0 Å². The van der Waals surface area contributed by atoms with Crippen LogP contribution >= 0.6 is 0 Å². The van der Waals surface area contributed by atoms with Gasteiger partial charge in [-0.1, -0.05) is 70.2 Å². The van der Waals surface area contributed by atoms with Gasteiger partial charge in [-0.05, 0) is 98.3 Å². The molecule has 0 saturated carbocycles. The number of rotatable bonds is 13. The Morgan fingerprint density at radius 2 is 1.75 bits per heavy atom. The first-order valence-electron chi connectivity index (χ1n) is 25.0. The van der Waals surface area contributed by atoms with Crippen LogP contribution < -0.4 is 10.7 Å². The van der Waals surface area contributed by atoms with E-state index in [2.05, 4.69) is 46.5 Å². The molecule has 1 unspecified atom stereocenters. The highest BCUT2D eigenvalue weighted by Gasteiger charge is 2.49. The molecule has 6 bridgehead atoms. The molecule has 5 N–H and O–H groups in total. The Bertz CT molecular complexity index is 2710. The second-order valence-electron chi connectivity index (χ2n) is 21.2. The van der Waals surface area contributed by atoms with Crippen LogP contribution in [0.25, 0.3) is 33.3 Å². The number of nitrogens with one attached hydrogen (secondary N) is 2. The van der Waals surface area contributed by atoms with Gasteiger partial charge in [-0.15, -0.1) is 0 Å². The van der Waals surface area contributed by atoms with E-state index in [9.17, 15) is 39.3 Å². The minimum absolute atomic E-state index is 0.0387. The number of aromatic hydroxyl groups is 1. The third-order valence-electron chi connectivity index (χ3n) is 14.1. The Kier molecular flexibility index (Phi) is 16.4. The number of benzene rings is 3. The number of phenols is 1. The van der Waals surface area contributed by atoms with E-state index in [0.717, 1.165) is 43.9 Å². The predicted octanol–water partition coefficient (Wildman–Crippen LogP) is 4.42. The zero-order valence-corrected chi connectivity index (χ0v) is 43.3. The van der Waals surface area contributed by atoms with E-state index in [1.807, 2.05) is 57.1 Å². The number of methoxy groups -OCH3 is 1. The molecule has 1 aromatic heterocycles. The smallest absolute Gasteiger partial charge is 0.355 e. The molecule has 3 aromatic carbocycles. The van der Waals surface area contributed by atoms with E-state index in [1.54, 1.807) is 33.1 Å². The number of hydrogen-bond acceptors (Lipinski definition) is 12. The summed E-state index contributed by atoms with van der Waals surface area (Å²) in [6.45, 7) is 11.2. The number of carbonyl (C=O) groups is 5. The molecule has 4 atom stereocenters. The molecule has 0 radical (unpaired) electrons. The largest absolute Gasteiger partial charge is 0.508 e. The molecule has 3 aliphatic rings. The van der Waals surface area contributed by atoms with Gasteiger partial charge in [0.05, 0.1) is 25.5 Å². The maximum Gasteiger partial charge on any atom is 0.355 e. The molecular weight excluding hydrogens is 919 g/mol. The lowest BCUT2D eigenvalue weighted by Gasteiger charge is -2.40. The van der Waals surface area contributed by atoms with Gasteiger partial charge < -0.3 is 49.4 Å². The second kappa shape index (κ2) is 21.9. The standard InChI is InChI=1S/C55H73N7O10/c1-10-61-45-19-18-38-31-42(45)43(48(61)41-16-12-11-15-37(41)20-26-71-9)32-53(4,5)34-72-52(68)55(70)21-14-24-62(57-55)50(66)44(29-36-27-39(38)30-40(63)28-36)56-49(65)47(35(2)3)59(8)51(67)54(69)22-25-60(33-54)46(64)17-13-23-58(6)7/h11-13,15-19,27-28,30-31,35,44,47,57,63,69-70H,10,14,20-26,29,32-34H2,1-9H3,(H,56,65)/b17-13+/t44-,47-,54?,55-/m0/s1. The van der Waals surface area contributed by atoms with Gasteiger partial charge in [-0.25, -0.2) is 4.79 Å². The quantitative estimate of drug-likeness (QED) is 0.0933. The topological polar surface area (TPSA) is 206 Å². The number of nitrogens with zero attached hydrogens (tertiary/aromatic N) is 5. The van der Waals surface area contributed by atoms with Crippen molar-refractivity contribution in [2.45, 2.75) is 103 Å².